The number of anilines is 1. The molecule has 4 heterocycles. The molecule has 0 aromatic carbocycles. The molecule has 16 heteroatoms. The van der Waals surface area contributed by atoms with Crippen LogP contribution < -0.4 is 15.8 Å². The summed E-state index contributed by atoms with van der Waals surface area (Å²) in [6.45, 7) is 4.09. The molecule has 0 atom stereocenters. The van der Waals surface area contributed by atoms with Crippen molar-refractivity contribution >= 4 is 44.7 Å². The van der Waals surface area contributed by atoms with E-state index in [0.29, 0.717) is 29.1 Å². The monoisotopic (exact) mass is 520 g/mol. The summed E-state index contributed by atoms with van der Waals surface area (Å²) in [4.78, 5) is 39.7. The molecule has 2 amide bonds. The summed E-state index contributed by atoms with van der Waals surface area (Å²) in [5, 5.41) is 24.2. The van der Waals surface area contributed by atoms with Gasteiger partial charge in [0.05, 0.1) is 23.9 Å². The van der Waals surface area contributed by atoms with E-state index in [9.17, 15) is 28.5 Å². The molecule has 36 heavy (non-hydrogen) atoms. The van der Waals surface area contributed by atoms with Gasteiger partial charge < -0.3 is 15.8 Å². The summed E-state index contributed by atoms with van der Waals surface area (Å²) in [6, 6.07) is 1.14. The number of aromatic amines is 1. The number of fused-ring (bicyclic) bond motifs is 1. The minimum absolute atomic E-state index is 0.00670. The second-order valence-electron chi connectivity index (χ2n) is 7.37. The SMILES string of the molecule is CCn1ncc(-c2cc(C(F)F)nc3sc(C(N)=O)c(NC(=O)c4[nH]nc(OC)c4[N+](=O)[O-])c23)c1C. The minimum Gasteiger partial charge on any atom is -0.475 e. The fourth-order valence-electron chi connectivity index (χ4n) is 3.73. The summed E-state index contributed by atoms with van der Waals surface area (Å²) in [5.41, 5.74) is 4.88. The molecule has 188 valence electrons. The predicted molar refractivity (Wildman–Crippen MR) is 124 cm³/mol. The summed E-state index contributed by atoms with van der Waals surface area (Å²) >= 11 is 0.703. The minimum atomic E-state index is -2.92. The van der Waals surface area contributed by atoms with Gasteiger partial charge >= 0.3 is 11.6 Å². The van der Waals surface area contributed by atoms with Crippen LogP contribution in [-0.4, -0.2) is 48.8 Å². The molecule has 4 aromatic rings. The molecule has 4 rings (SSSR count). The van der Waals surface area contributed by atoms with Crippen molar-refractivity contribution in [1.82, 2.24) is 25.0 Å². The number of thiophene rings is 1. The van der Waals surface area contributed by atoms with Crippen molar-refractivity contribution in [1.29, 1.82) is 0 Å². The number of nitrogens with one attached hydrogen (secondary N) is 2. The van der Waals surface area contributed by atoms with Gasteiger partial charge in [-0.15, -0.1) is 16.4 Å². The van der Waals surface area contributed by atoms with Gasteiger partial charge in [-0.05, 0) is 25.5 Å². The summed E-state index contributed by atoms with van der Waals surface area (Å²) in [7, 11) is 1.14. The number of rotatable bonds is 8. The number of methoxy groups -OCH3 is 1. The van der Waals surface area contributed by atoms with Gasteiger partial charge in [0.15, 0.2) is 0 Å². The van der Waals surface area contributed by atoms with Crippen LogP contribution in [0.25, 0.3) is 21.3 Å². The van der Waals surface area contributed by atoms with E-state index in [1.54, 1.807) is 11.6 Å². The molecular weight excluding hydrogens is 502 g/mol. The third-order valence-electron chi connectivity index (χ3n) is 5.37. The van der Waals surface area contributed by atoms with Crippen molar-refractivity contribution in [2.75, 3.05) is 12.4 Å². The van der Waals surface area contributed by atoms with Crippen molar-refractivity contribution in [2.24, 2.45) is 5.73 Å². The number of ether oxygens (including phenoxy) is 1. The zero-order valence-corrected chi connectivity index (χ0v) is 19.8. The van der Waals surface area contributed by atoms with Gasteiger partial charge in [-0.2, -0.15) is 5.10 Å². The Morgan fingerprint density at radius 3 is 2.67 bits per heavy atom. The number of halogens is 2. The Balaban J connectivity index is 1.97. The molecule has 4 N–H and O–H groups in total. The molecule has 0 aliphatic carbocycles. The van der Waals surface area contributed by atoms with Crippen molar-refractivity contribution in [3.8, 4) is 17.0 Å². The number of aromatic nitrogens is 5. The Morgan fingerprint density at radius 1 is 1.39 bits per heavy atom. The highest BCUT2D eigenvalue weighted by Gasteiger charge is 2.32. The average Bonchev–Trinajstić information content (AvgIpc) is 3.53. The highest BCUT2D eigenvalue weighted by atomic mass is 32.1. The van der Waals surface area contributed by atoms with Crippen molar-refractivity contribution < 1.29 is 28.0 Å². The molecule has 0 spiro atoms. The maximum Gasteiger partial charge on any atom is 0.362 e. The van der Waals surface area contributed by atoms with E-state index in [1.165, 1.54) is 6.20 Å². The van der Waals surface area contributed by atoms with Crippen LogP contribution in [0.4, 0.5) is 20.2 Å². The van der Waals surface area contributed by atoms with E-state index in [0.717, 1.165) is 13.2 Å². The van der Waals surface area contributed by atoms with E-state index in [-0.39, 0.29) is 26.3 Å². The number of carbonyl (C=O) groups excluding carboxylic acids is 2. The third-order valence-corrected chi connectivity index (χ3v) is 6.47. The lowest BCUT2D eigenvalue weighted by molar-refractivity contribution is -0.386. The van der Waals surface area contributed by atoms with E-state index >= 15 is 0 Å². The number of carbonyl (C=O) groups is 2. The quantitative estimate of drug-likeness (QED) is 0.233. The Morgan fingerprint density at radius 2 is 2.11 bits per heavy atom. The molecule has 0 bridgehead atoms. The zero-order chi connectivity index (χ0) is 26.3. The maximum atomic E-state index is 13.7. The molecular formula is C20H18F2N8O5S. The van der Waals surface area contributed by atoms with E-state index in [4.69, 9.17) is 10.5 Å². The summed E-state index contributed by atoms with van der Waals surface area (Å²) in [6.07, 6.45) is -1.45. The first-order chi connectivity index (χ1) is 17.1. The van der Waals surface area contributed by atoms with Crippen molar-refractivity contribution in [3.63, 3.8) is 0 Å². The highest BCUT2D eigenvalue weighted by molar-refractivity contribution is 7.21. The third kappa shape index (κ3) is 4.00. The van der Waals surface area contributed by atoms with Gasteiger partial charge in [0.1, 0.15) is 15.4 Å². The average molecular weight is 520 g/mol. The molecule has 0 aliphatic rings. The van der Waals surface area contributed by atoms with E-state index < -0.39 is 46.1 Å². The van der Waals surface area contributed by atoms with Crippen LogP contribution >= 0.6 is 11.3 Å². The van der Waals surface area contributed by atoms with Crippen LogP contribution in [0.15, 0.2) is 12.3 Å². The molecule has 13 nitrogen and oxygen atoms in total. The summed E-state index contributed by atoms with van der Waals surface area (Å²) < 4.78 is 33.8. The van der Waals surface area contributed by atoms with Crippen molar-refractivity contribution in [3.05, 3.63) is 44.3 Å². The number of nitrogens with two attached hydrogens (primary N) is 1. The molecule has 0 aliphatic heterocycles. The molecule has 0 saturated carbocycles. The largest absolute Gasteiger partial charge is 0.475 e. The zero-order valence-electron chi connectivity index (χ0n) is 19.0. The number of hydrogen-bond donors (Lipinski definition) is 3. The Hall–Kier alpha value is -4.47. The molecule has 0 fully saturated rings. The Kier molecular flexibility index (Phi) is 6.36. The number of amides is 2. The second-order valence-corrected chi connectivity index (χ2v) is 8.37. The molecule has 0 radical (unpaired) electrons. The fourth-order valence-corrected chi connectivity index (χ4v) is 4.74. The normalized spacial score (nSPS) is 11.3. The van der Waals surface area contributed by atoms with Crippen LogP contribution in [-0.2, 0) is 6.54 Å². The van der Waals surface area contributed by atoms with Gasteiger partial charge in [0, 0.05) is 23.2 Å². The predicted octanol–water partition coefficient (Wildman–Crippen LogP) is 3.42. The van der Waals surface area contributed by atoms with Gasteiger partial charge in [0.25, 0.3) is 18.2 Å². The Bertz CT molecular complexity index is 1530. The van der Waals surface area contributed by atoms with Crippen LogP contribution in [0.1, 0.15) is 44.9 Å². The first-order valence-electron chi connectivity index (χ1n) is 10.2. The van der Waals surface area contributed by atoms with Crippen LogP contribution in [0, 0.1) is 17.0 Å². The fraction of sp³-hybridized carbons (Fsp3) is 0.250. The van der Waals surface area contributed by atoms with Crippen LogP contribution in [0.2, 0.25) is 0 Å². The number of hydrogen-bond acceptors (Lipinski definition) is 9. The number of pyridine rings is 1. The number of alkyl halides is 2. The number of nitro groups is 1. The van der Waals surface area contributed by atoms with Crippen LogP contribution in [0.5, 0.6) is 5.88 Å². The van der Waals surface area contributed by atoms with Crippen molar-refractivity contribution in [2.45, 2.75) is 26.8 Å². The lowest BCUT2D eigenvalue weighted by Gasteiger charge is -2.10. The van der Waals surface area contributed by atoms with Crippen LogP contribution in [0.3, 0.4) is 0 Å². The van der Waals surface area contributed by atoms with E-state index in [1.807, 2.05) is 6.92 Å². The number of H-pyrrole nitrogens is 1. The second kappa shape index (κ2) is 9.29. The molecule has 0 saturated heterocycles. The number of aryl methyl sites for hydroxylation is 1. The van der Waals surface area contributed by atoms with Gasteiger partial charge in [-0.3, -0.25) is 29.5 Å². The first kappa shape index (κ1) is 24.6. The number of primary amides is 1. The van der Waals surface area contributed by atoms with Gasteiger partial charge in [-0.25, -0.2) is 13.8 Å². The Labute approximate surface area is 204 Å². The standard InChI is InChI=1S/C20H18F2N8O5S/c1-4-29-7(2)9(6-24-29)8-5-10(16(21)22)25-20-11(8)12(15(36-20)17(23)31)26-18(32)13-14(30(33)34)19(35-3)28-27-13/h5-6,16H,4H2,1-3H3,(H2,23,31)(H,26,32)(H,27,28). The lowest BCUT2D eigenvalue weighted by Crippen LogP contribution is -2.18. The topological polar surface area (TPSA) is 184 Å². The first-order valence-corrected chi connectivity index (χ1v) is 11.1. The van der Waals surface area contributed by atoms with Gasteiger partial charge in [-0.1, -0.05) is 0 Å². The molecule has 0 unspecified atom stereocenters. The highest BCUT2D eigenvalue weighted by Crippen LogP contribution is 2.43. The van der Waals surface area contributed by atoms with Gasteiger partial charge in [0.2, 0.25) is 5.69 Å². The number of nitrogens with zero attached hydrogens (tertiary/aromatic N) is 5. The molecule has 4 aromatic heterocycles. The smallest absolute Gasteiger partial charge is 0.362 e. The maximum absolute atomic E-state index is 13.7. The van der Waals surface area contributed by atoms with E-state index in [2.05, 4.69) is 25.6 Å². The summed E-state index contributed by atoms with van der Waals surface area (Å²) in [5.74, 6) is -2.43. The lowest BCUT2D eigenvalue weighted by atomic mass is 10.0.